The van der Waals surface area contributed by atoms with Gasteiger partial charge in [0.15, 0.2) is 0 Å². The van der Waals surface area contributed by atoms with E-state index in [1.165, 1.54) is 29.5 Å². The summed E-state index contributed by atoms with van der Waals surface area (Å²) in [4.78, 5) is 10.9. The van der Waals surface area contributed by atoms with Crippen LogP contribution in [0.15, 0.2) is 48.5 Å². The van der Waals surface area contributed by atoms with Crippen LogP contribution in [0.1, 0.15) is 79.1 Å². The molecule has 138 valence electrons. The van der Waals surface area contributed by atoms with Crippen molar-refractivity contribution in [3.8, 4) is 11.8 Å². The summed E-state index contributed by atoms with van der Waals surface area (Å²) in [5.41, 5.74) is 6.45. The molecule has 2 nitrogen and oxygen atoms in total. The van der Waals surface area contributed by atoms with E-state index in [0.717, 1.165) is 24.0 Å². The topological polar surface area (TPSA) is 37.3 Å². The smallest absolute Gasteiger partial charge is 0.335 e. The minimum atomic E-state index is -0.918. The van der Waals surface area contributed by atoms with Gasteiger partial charge in [0.05, 0.1) is 5.56 Å². The van der Waals surface area contributed by atoms with Gasteiger partial charge in [-0.05, 0) is 77.8 Å². The van der Waals surface area contributed by atoms with Gasteiger partial charge in [-0.3, -0.25) is 0 Å². The molecule has 2 aromatic carbocycles. The lowest BCUT2D eigenvalue weighted by atomic mass is 9.72. The third-order valence-electron chi connectivity index (χ3n) is 5.24. The molecule has 1 N–H and O–H groups in total. The second kappa shape index (κ2) is 7.84. The second-order valence-electron chi connectivity index (χ2n) is 7.81. The molecule has 0 saturated heterocycles. The van der Waals surface area contributed by atoms with E-state index in [2.05, 4.69) is 56.9 Å². The zero-order chi connectivity index (χ0) is 19.4. The normalized spacial score (nSPS) is 14.6. The number of fused-ring (bicyclic) bond motifs is 1. The Morgan fingerprint density at radius 2 is 1.74 bits per heavy atom. The SMILES string of the molecule is CCCCC1=CCC(C)(C)c2ccc(C#Cc3ccc(C(=O)O)cc3)cc21. The van der Waals surface area contributed by atoms with Crippen LogP contribution >= 0.6 is 0 Å². The van der Waals surface area contributed by atoms with Crippen LogP contribution in [0, 0.1) is 11.8 Å². The van der Waals surface area contributed by atoms with Crippen molar-refractivity contribution in [3.05, 3.63) is 76.4 Å². The van der Waals surface area contributed by atoms with Crippen LogP contribution in [-0.2, 0) is 5.41 Å². The fourth-order valence-electron chi connectivity index (χ4n) is 3.52. The van der Waals surface area contributed by atoms with E-state index < -0.39 is 5.97 Å². The summed E-state index contributed by atoms with van der Waals surface area (Å²) in [6.07, 6.45) is 7.01. The molecule has 27 heavy (non-hydrogen) atoms. The summed E-state index contributed by atoms with van der Waals surface area (Å²) in [6, 6.07) is 13.2. The molecule has 0 fully saturated rings. The van der Waals surface area contributed by atoms with Gasteiger partial charge in [-0.2, -0.15) is 0 Å². The Labute approximate surface area is 161 Å². The maximum atomic E-state index is 10.9. The van der Waals surface area contributed by atoms with Crippen LogP contribution in [0.25, 0.3) is 5.57 Å². The van der Waals surface area contributed by atoms with Crippen LogP contribution in [-0.4, -0.2) is 11.1 Å². The summed E-state index contributed by atoms with van der Waals surface area (Å²) in [5.74, 6) is 5.47. The highest BCUT2D eigenvalue weighted by Crippen LogP contribution is 2.40. The Balaban J connectivity index is 1.91. The molecule has 0 aromatic heterocycles. The monoisotopic (exact) mass is 358 g/mol. The third-order valence-corrected chi connectivity index (χ3v) is 5.24. The lowest BCUT2D eigenvalue weighted by Gasteiger charge is -2.32. The predicted molar refractivity (Wildman–Crippen MR) is 111 cm³/mol. The van der Waals surface area contributed by atoms with E-state index in [-0.39, 0.29) is 11.0 Å². The predicted octanol–water partition coefficient (Wildman–Crippen LogP) is 6.04. The van der Waals surface area contributed by atoms with Crippen molar-refractivity contribution >= 4 is 11.5 Å². The van der Waals surface area contributed by atoms with Crippen LogP contribution in [0.4, 0.5) is 0 Å². The first-order chi connectivity index (χ1) is 12.9. The van der Waals surface area contributed by atoms with Crippen molar-refractivity contribution in [2.45, 2.75) is 51.9 Å². The van der Waals surface area contributed by atoms with Crippen molar-refractivity contribution in [2.24, 2.45) is 0 Å². The maximum absolute atomic E-state index is 10.9. The van der Waals surface area contributed by atoms with Crippen LogP contribution in [0.5, 0.6) is 0 Å². The average Bonchev–Trinajstić information content (AvgIpc) is 2.66. The number of hydrogen-bond donors (Lipinski definition) is 1. The summed E-state index contributed by atoms with van der Waals surface area (Å²) in [7, 11) is 0. The van der Waals surface area contributed by atoms with Crippen molar-refractivity contribution in [1.82, 2.24) is 0 Å². The van der Waals surface area contributed by atoms with Gasteiger partial charge in [0.25, 0.3) is 0 Å². The first-order valence-corrected chi connectivity index (χ1v) is 9.60. The van der Waals surface area contributed by atoms with Gasteiger partial charge < -0.3 is 5.11 Å². The molecule has 0 aliphatic heterocycles. The molecule has 0 atom stereocenters. The molecule has 0 spiro atoms. The zero-order valence-electron chi connectivity index (χ0n) is 16.3. The third kappa shape index (κ3) is 4.31. The maximum Gasteiger partial charge on any atom is 0.335 e. The van der Waals surface area contributed by atoms with Crippen LogP contribution in [0.2, 0.25) is 0 Å². The number of unbranched alkanes of at least 4 members (excludes halogenated alkanes) is 1. The number of carboxylic acid groups (broad SMARTS) is 1. The molecule has 1 aliphatic rings. The number of rotatable bonds is 4. The van der Waals surface area contributed by atoms with Gasteiger partial charge in [-0.25, -0.2) is 4.79 Å². The number of hydrogen-bond acceptors (Lipinski definition) is 1. The van der Waals surface area contributed by atoms with E-state index in [4.69, 9.17) is 5.11 Å². The standard InChI is InChI=1S/C25H26O2/c1-4-5-6-20-15-16-25(2,3)23-14-11-19(17-22(20)23)8-7-18-9-12-21(13-10-18)24(26)27/h9-15,17H,4-6,16H2,1-3H3,(H,26,27). The Bertz CT molecular complexity index is 935. The average molecular weight is 358 g/mol. The Morgan fingerprint density at radius 1 is 1.07 bits per heavy atom. The van der Waals surface area contributed by atoms with Gasteiger partial charge >= 0.3 is 5.97 Å². The number of benzene rings is 2. The van der Waals surface area contributed by atoms with Crippen LogP contribution < -0.4 is 0 Å². The lowest BCUT2D eigenvalue weighted by molar-refractivity contribution is 0.0697. The Kier molecular flexibility index (Phi) is 5.51. The molecule has 0 amide bonds. The van der Waals surface area contributed by atoms with Crippen molar-refractivity contribution < 1.29 is 9.90 Å². The number of carboxylic acids is 1. The fraction of sp³-hybridized carbons (Fsp3) is 0.320. The number of aromatic carboxylic acids is 1. The molecular formula is C25H26O2. The second-order valence-corrected chi connectivity index (χ2v) is 7.81. The van der Waals surface area contributed by atoms with E-state index in [9.17, 15) is 4.79 Å². The van der Waals surface area contributed by atoms with E-state index in [1.54, 1.807) is 24.3 Å². The van der Waals surface area contributed by atoms with Crippen molar-refractivity contribution in [3.63, 3.8) is 0 Å². The molecule has 0 saturated carbocycles. The molecule has 0 radical (unpaired) electrons. The van der Waals surface area contributed by atoms with Gasteiger partial charge in [-0.1, -0.05) is 51.2 Å². The van der Waals surface area contributed by atoms with Crippen molar-refractivity contribution in [1.29, 1.82) is 0 Å². The zero-order valence-corrected chi connectivity index (χ0v) is 16.3. The number of carbonyl (C=O) groups is 1. The molecule has 0 unspecified atom stereocenters. The number of allylic oxidation sites excluding steroid dienone is 2. The highest BCUT2D eigenvalue weighted by molar-refractivity contribution is 5.87. The molecule has 0 bridgehead atoms. The lowest BCUT2D eigenvalue weighted by Crippen LogP contribution is -2.21. The van der Waals surface area contributed by atoms with Crippen LogP contribution in [0.3, 0.4) is 0 Å². The largest absolute Gasteiger partial charge is 0.478 e. The first-order valence-electron chi connectivity index (χ1n) is 9.60. The van der Waals surface area contributed by atoms with E-state index in [0.29, 0.717) is 0 Å². The van der Waals surface area contributed by atoms with Gasteiger partial charge in [0.2, 0.25) is 0 Å². The summed E-state index contributed by atoms with van der Waals surface area (Å²) >= 11 is 0. The molecule has 2 aromatic rings. The minimum absolute atomic E-state index is 0.156. The Hall–Kier alpha value is -2.79. The van der Waals surface area contributed by atoms with Gasteiger partial charge in [0.1, 0.15) is 0 Å². The molecule has 0 heterocycles. The fourth-order valence-corrected chi connectivity index (χ4v) is 3.52. The van der Waals surface area contributed by atoms with E-state index in [1.807, 2.05) is 0 Å². The summed E-state index contributed by atoms with van der Waals surface area (Å²) in [5, 5.41) is 8.98. The van der Waals surface area contributed by atoms with Gasteiger partial charge in [-0.15, -0.1) is 0 Å². The molecule has 1 aliphatic carbocycles. The van der Waals surface area contributed by atoms with Crippen molar-refractivity contribution in [2.75, 3.05) is 0 Å². The molecule has 2 heteroatoms. The quantitative estimate of drug-likeness (QED) is 0.677. The minimum Gasteiger partial charge on any atom is -0.478 e. The first kappa shape index (κ1) is 19.0. The molecular weight excluding hydrogens is 332 g/mol. The summed E-state index contributed by atoms with van der Waals surface area (Å²) in [6.45, 7) is 6.83. The molecule has 3 rings (SSSR count). The Morgan fingerprint density at radius 3 is 2.41 bits per heavy atom. The summed E-state index contributed by atoms with van der Waals surface area (Å²) < 4.78 is 0. The highest BCUT2D eigenvalue weighted by Gasteiger charge is 2.27. The highest BCUT2D eigenvalue weighted by atomic mass is 16.4. The van der Waals surface area contributed by atoms with Gasteiger partial charge in [0, 0.05) is 11.1 Å². The van der Waals surface area contributed by atoms with E-state index >= 15 is 0 Å².